The normalized spacial score (nSPS) is 12.5. The van der Waals surface area contributed by atoms with Crippen LogP contribution >= 0.6 is 0 Å². The molecule has 4 aromatic rings. The van der Waals surface area contributed by atoms with E-state index in [9.17, 15) is 19.2 Å². The molecule has 1 radical (unpaired) electrons. The number of rotatable bonds is 10. The summed E-state index contributed by atoms with van der Waals surface area (Å²) in [4.78, 5) is 55.3. The van der Waals surface area contributed by atoms with E-state index in [0.717, 1.165) is 32.9 Å². The van der Waals surface area contributed by atoms with Crippen molar-refractivity contribution in [3.05, 3.63) is 72.1 Å². The highest BCUT2D eigenvalue weighted by atomic mass is 27.2. The van der Waals surface area contributed by atoms with Crippen molar-refractivity contribution in [1.29, 1.82) is 0 Å². The van der Waals surface area contributed by atoms with Gasteiger partial charge in [-0.25, -0.2) is 0 Å². The van der Waals surface area contributed by atoms with Crippen LogP contribution in [-0.2, 0) is 39.6 Å². The fourth-order valence-corrected chi connectivity index (χ4v) is 4.77. The number of H-pyrrole nitrogens is 2. The number of para-hydroxylation sites is 2. The van der Waals surface area contributed by atoms with Gasteiger partial charge in [-0.15, -0.1) is 0 Å². The highest BCUT2D eigenvalue weighted by Gasteiger charge is 2.28. The Morgan fingerprint density at radius 1 is 0.730 bits per heavy atom. The molecule has 2 atom stereocenters. The predicted molar refractivity (Wildman–Crippen MR) is 137 cm³/mol. The molecule has 2 heterocycles. The molecule has 0 aliphatic rings. The van der Waals surface area contributed by atoms with E-state index in [1.54, 1.807) is 12.4 Å². The zero-order valence-corrected chi connectivity index (χ0v) is 21.5. The van der Waals surface area contributed by atoms with Gasteiger partial charge in [0.25, 0.3) is 11.9 Å². The lowest BCUT2D eigenvalue weighted by Crippen LogP contribution is -2.45. The van der Waals surface area contributed by atoms with Crippen LogP contribution in [-0.4, -0.2) is 61.7 Å². The van der Waals surface area contributed by atoms with E-state index in [-0.39, 0.29) is 12.8 Å². The maximum atomic E-state index is 12.8. The van der Waals surface area contributed by atoms with Gasteiger partial charge in [0.05, 0.1) is 0 Å². The molecular formula is C26H26AlN4O6. The molecule has 0 unspecified atom stereocenters. The Morgan fingerprint density at radius 2 is 1.14 bits per heavy atom. The molecule has 2 aromatic carbocycles. The summed E-state index contributed by atoms with van der Waals surface area (Å²) < 4.78 is 10.5. The predicted octanol–water partition coefficient (Wildman–Crippen LogP) is 2.06. The standard InChI is InChI=1S/2C13H14N2O3.Al/c2*1-8(16)15-12(13(17)18)6-9-7-14-11-5-3-2-4-10(9)11;/h2*2-5,7,12,14H,6H2,1H3,(H,15,16)(H,17,18);/q;;+2/p-2/t2*12-;/m00./s1. The average molecular weight is 517 g/mol. The lowest BCUT2D eigenvalue weighted by molar-refractivity contribution is -0.144. The molecule has 0 aliphatic heterocycles. The molecule has 10 nitrogen and oxygen atoms in total. The molecule has 189 valence electrons. The van der Waals surface area contributed by atoms with Crippen LogP contribution in [0.4, 0.5) is 0 Å². The first-order chi connectivity index (χ1) is 17.8. The van der Waals surface area contributed by atoms with Crippen molar-refractivity contribution in [2.75, 3.05) is 0 Å². The molecule has 0 fully saturated rings. The third kappa shape index (κ3) is 6.58. The number of hydrogen-bond acceptors (Lipinski definition) is 6. The average Bonchev–Trinajstić information content (AvgIpc) is 3.47. The van der Waals surface area contributed by atoms with Gasteiger partial charge in [0.15, 0.2) is 0 Å². The zero-order valence-electron chi connectivity index (χ0n) is 20.4. The molecule has 0 aliphatic carbocycles. The van der Waals surface area contributed by atoms with Gasteiger partial charge in [0, 0.05) is 60.9 Å². The number of hydrogen-bond donors (Lipinski definition) is 4. The van der Waals surface area contributed by atoms with Gasteiger partial charge in [-0.2, -0.15) is 0 Å². The maximum absolute atomic E-state index is 12.8. The van der Waals surface area contributed by atoms with Gasteiger partial charge in [-0.05, 0) is 23.3 Å². The van der Waals surface area contributed by atoms with Crippen molar-refractivity contribution in [2.45, 2.75) is 38.8 Å². The fourth-order valence-electron chi connectivity index (χ4n) is 4.20. The SMILES string of the molecule is CC(=O)N[C@@H](Cc1c[nH]c2ccccc12)C(=O)[O][Al][O]C(=O)[C@H](Cc1c[nH]c2ccccc12)NC(C)=O. The number of nitrogens with one attached hydrogen (secondary N) is 4. The molecule has 37 heavy (non-hydrogen) atoms. The third-order valence-electron chi connectivity index (χ3n) is 5.85. The van der Waals surface area contributed by atoms with Crippen LogP contribution in [0.25, 0.3) is 21.8 Å². The highest BCUT2D eigenvalue weighted by molar-refractivity contribution is 6.26. The Morgan fingerprint density at radius 3 is 1.54 bits per heavy atom. The van der Waals surface area contributed by atoms with E-state index in [2.05, 4.69) is 20.6 Å². The number of amides is 2. The van der Waals surface area contributed by atoms with Crippen LogP contribution in [0.3, 0.4) is 0 Å². The minimum atomic E-state index is -1.52. The minimum Gasteiger partial charge on any atom is -0.588 e. The molecule has 2 amide bonds. The molecule has 0 saturated carbocycles. The summed E-state index contributed by atoms with van der Waals surface area (Å²) in [6.07, 6.45) is 3.96. The summed E-state index contributed by atoms with van der Waals surface area (Å²) in [5.74, 6) is -2.21. The van der Waals surface area contributed by atoms with E-state index >= 15 is 0 Å². The van der Waals surface area contributed by atoms with Crippen molar-refractivity contribution in [3.63, 3.8) is 0 Å². The Hall–Kier alpha value is -4.07. The Labute approximate surface area is 219 Å². The van der Waals surface area contributed by atoms with E-state index in [0.29, 0.717) is 0 Å². The Balaban J connectivity index is 1.38. The first kappa shape index (κ1) is 26.0. The largest absolute Gasteiger partial charge is 0.885 e. The molecule has 2 aromatic heterocycles. The quantitative estimate of drug-likeness (QED) is 0.237. The summed E-state index contributed by atoms with van der Waals surface area (Å²) in [5, 5.41) is 7.06. The van der Waals surface area contributed by atoms with Crippen molar-refractivity contribution in [2.24, 2.45) is 0 Å². The van der Waals surface area contributed by atoms with Gasteiger partial charge in [-0.3, -0.25) is 19.2 Å². The topological polar surface area (TPSA) is 142 Å². The Bertz CT molecular complexity index is 1340. The molecule has 4 rings (SSSR count). The van der Waals surface area contributed by atoms with Crippen LogP contribution in [0, 0.1) is 0 Å². The van der Waals surface area contributed by atoms with E-state index in [1.807, 2.05) is 48.5 Å². The van der Waals surface area contributed by atoms with Crippen molar-refractivity contribution >= 4 is 61.4 Å². The third-order valence-corrected chi connectivity index (χ3v) is 6.51. The maximum Gasteiger partial charge on any atom is 0.885 e. The van der Waals surface area contributed by atoms with E-state index in [1.165, 1.54) is 13.8 Å². The first-order valence-corrected chi connectivity index (χ1v) is 12.6. The van der Waals surface area contributed by atoms with Gasteiger partial charge >= 0.3 is 15.9 Å². The number of aromatic nitrogens is 2. The molecule has 0 saturated heterocycles. The Kier molecular flexibility index (Phi) is 8.28. The summed E-state index contributed by atoms with van der Waals surface area (Å²) in [6.45, 7) is 2.62. The van der Waals surface area contributed by atoms with Crippen LogP contribution < -0.4 is 10.6 Å². The fraction of sp³-hybridized carbons (Fsp3) is 0.231. The van der Waals surface area contributed by atoms with Crippen LogP contribution in [0.2, 0.25) is 0 Å². The second-order valence-electron chi connectivity index (χ2n) is 8.60. The smallest absolute Gasteiger partial charge is 0.588 e. The summed E-state index contributed by atoms with van der Waals surface area (Å²) >= 11 is -1.52. The highest BCUT2D eigenvalue weighted by Crippen LogP contribution is 2.20. The zero-order chi connectivity index (χ0) is 26.4. The van der Waals surface area contributed by atoms with Crippen LogP contribution in [0.5, 0.6) is 0 Å². The second kappa shape index (κ2) is 11.8. The summed E-state index contributed by atoms with van der Waals surface area (Å²) in [7, 11) is 0. The van der Waals surface area contributed by atoms with E-state index < -0.39 is 51.7 Å². The lowest BCUT2D eigenvalue weighted by Gasteiger charge is -2.19. The first-order valence-electron chi connectivity index (χ1n) is 11.7. The van der Waals surface area contributed by atoms with Gasteiger partial charge < -0.3 is 28.2 Å². The second-order valence-corrected chi connectivity index (χ2v) is 9.27. The molecule has 0 spiro atoms. The lowest BCUT2D eigenvalue weighted by atomic mass is 10.1. The minimum absolute atomic E-state index is 0.199. The number of carbonyl (C=O) groups is 4. The molecule has 4 N–H and O–H groups in total. The molecule has 0 bridgehead atoms. The number of benzene rings is 2. The van der Waals surface area contributed by atoms with Crippen molar-refractivity contribution in [1.82, 2.24) is 20.6 Å². The van der Waals surface area contributed by atoms with Crippen LogP contribution in [0.15, 0.2) is 60.9 Å². The van der Waals surface area contributed by atoms with E-state index in [4.69, 9.17) is 7.58 Å². The monoisotopic (exact) mass is 517 g/mol. The van der Waals surface area contributed by atoms with Crippen molar-refractivity contribution < 1.29 is 26.8 Å². The van der Waals surface area contributed by atoms with Crippen LogP contribution in [0.1, 0.15) is 25.0 Å². The van der Waals surface area contributed by atoms with Gasteiger partial charge in [0.2, 0.25) is 11.8 Å². The van der Waals surface area contributed by atoms with Crippen molar-refractivity contribution in [3.8, 4) is 0 Å². The van der Waals surface area contributed by atoms with Gasteiger partial charge in [0.1, 0.15) is 12.1 Å². The number of aromatic amines is 2. The summed E-state index contributed by atoms with van der Waals surface area (Å²) in [6, 6.07) is 13.3. The number of carbonyl (C=O) groups excluding carboxylic acids is 4. The summed E-state index contributed by atoms with van der Waals surface area (Å²) in [5.41, 5.74) is 3.49. The molecule has 11 heteroatoms. The molecular weight excluding hydrogens is 491 g/mol. The number of fused-ring (bicyclic) bond motifs is 2. The van der Waals surface area contributed by atoms with Gasteiger partial charge in [-0.1, -0.05) is 36.4 Å².